The molecule has 0 heterocycles. The minimum atomic E-state index is -1.14. The smallest absolute Gasteiger partial charge is 0.326 e. The van der Waals surface area contributed by atoms with Gasteiger partial charge < -0.3 is 20.3 Å². The maximum atomic E-state index is 11.2. The van der Waals surface area contributed by atoms with Gasteiger partial charge in [0, 0.05) is 33.2 Å². The summed E-state index contributed by atoms with van der Waals surface area (Å²) in [4.78, 5) is 21.8. The van der Waals surface area contributed by atoms with E-state index in [1.54, 1.807) is 0 Å². The van der Waals surface area contributed by atoms with E-state index >= 15 is 0 Å². The van der Waals surface area contributed by atoms with Gasteiger partial charge in [-0.15, -0.1) is 0 Å². The molecule has 6 nitrogen and oxygen atoms in total. The summed E-state index contributed by atoms with van der Waals surface area (Å²) < 4.78 is 4.76. The fourth-order valence-corrected chi connectivity index (χ4v) is 1.03. The van der Waals surface area contributed by atoms with Crippen LogP contribution in [0.25, 0.3) is 0 Å². The molecule has 0 aliphatic rings. The number of hydrogen-bond acceptors (Lipinski definition) is 4. The lowest BCUT2D eigenvalue weighted by molar-refractivity contribution is -0.142. The first-order valence-corrected chi connectivity index (χ1v) is 4.73. The minimum Gasteiger partial charge on any atom is -0.480 e. The van der Waals surface area contributed by atoms with E-state index in [-0.39, 0.29) is 25.4 Å². The van der Waals surface area contributed by atoms with Crippen molar-refractivity contribution in [3.05, 3.63) is 0 Å². The van der Waals surface area contributed by atoms with E-state index in [9.17, 15) is 9.59 Å². The molecule has 0 aromatic heterocycles. The summed E-state index contributed by atoms with van der Waals surface area (Å²) in [5.41, 5.74) is 0. The van der Waals surface area contributed by atoms with Crippen molar-refractivity contribution in [3.8, 4) is 0 Å². The van der Waals surface area contributed by atoms with Crippen molar-refractivity contribution in [2.75, 3.05) is 20.3 Å². The first kappa shape index (κ1) is 13.9. The van der Waals surface area contributed by atoms with Gasteiger partial charge in [0.15, 0.2) is 0 Å². The van der Waals surface area contributed by atoms with E-state index in [1.165, 1.54) is 7.11 Å². The number of aliphatic hydroxyl groups excluding tert-OH is 1. The molecule has 0 unspecified atom stereocenters. The van der Waals surface area contributed by atoms with Crippen LogP contribution >= 0.6 is 0 Å². The molecular weight excluding hydrogens is 202 g/mol. The fourth-order valence-electron chi connectivity index (χ4n) is 1.03. The highest BCUT2D eigenvalue weighted by Gasteiger charge is 2.18. The molecule has 0 bridgehead atoms. The summed E-state index contributed by atoms with van der Waals surface area (Å²) in [5.74, 6) is -1.47. The Hall–Kier alpha value is -1.14. The van der Waals surface area contributed by atoms with Crippen LogP contribution in [0.5, 0.6) is 0 Å². The van der Waals surface area contributed by atoms with Crippen LogP contribution in [0.3, 0.4) is 0 Å². The van der Waals surface area contributed by atoms with Gasteiger partial charge in [-0.25, -0.2) is 4.79 Å². The van der Waals surface area contributed by atoms with Crippen LogP contribution in [0, 0.1) is 0 Å². The predicted molar refractivity (Wildman–Crippen MR) is 52.4 cm³/mol. The number of aliphatic hydroxyl groups is 1. The summed E-state index contributed by atoms with van der Waals surface area (Å²) in [6.45, 7) is 0.195. The Morgan fingerprint density at radius 3 is 2.60 bits per heavy atom. The van der Waals surface area contributed by atoms with Gasteiger partial charge in [0.25, 0.3) is 0 Å². The molecule has 15 heavy (non-hydrogen) atoms. The number of hydrogen-bond donors (Lipinski definition) is 3. The molecule has 3 N–H and O–H groups in total. The van der Waals surface area contributed by atoms with Crippen LogP contribution in [0.15, 0.2) is 0 Å². The van der Waals surface area contributed by atoms with E-state index < -0.39 is 12.0 Å². The lowest BCUT2D eigenvalue weighted by Crippen LogP contribution is -2.41. The summed E-state index contributed by atoms with van der Waals surface area (Å²) in [6.07, 6.45) is 0.794. The molecule has 0 saturated carbocycles. The number of rotatable bonds is 8. The Bertz CT molecular complexity index is 207. The average molecular weight is 219 g/mol. The maximum absolute atomic E-state index is 11.2. The van der Waals surface area contributed by atoms with E-state index in [4.69, 9.17) is 14.9 Å². The second kappa shape index (κ2) is 8.19. The standard InChI is InChI=1S/C9H17NO5/c1-15-6-2-3-8(12)10-7(4-5-11)9(13)14/h7,11H,2-6H2,1H3,(H,10,12)(H,13,14)/t7-/m0/s1. The van der Waals surface area contributed by atoms with E-state index in [1.807, 2.05) is 0 Å². The summed E-state index contributed by atoms with van der Waals surface area (Å²) >= 11 is 0. The van der Waals surface area contributed by atoms with Gasteiger partial charge in [-0.3, -0.25) is 4.79 Å². The molecule has 1 amide bonds. The minimum absolute atomic E-state index is 0.0192. The summed E-state index contributed by atoms with van der Waals surface area (Å²) in [6, 6.07) is -1.01. The SMILES string of the molecule is COCCCC(=O)N[C@@H](CCO)C(=O)O. The van der Waals surface area contributed by atoms with Crippen LogP contribution in [-0.4, -0.2) is 48.5 Å². The van der Waals surface area contributed by atoms with Crippen molar-refractivity contribution >= 4 is 11.9 Å². The van der Waals surface area contributed by atoms with Crippen LogP contribution in [0.1, 0.15) is 19.3 Å². The molecule has 6 heteroatoms. The van der Waals surface area contributed by atoms with Gasteiger partial charge in [-0.1, -0.05) is 0 Å². The van der Waals surface area contributed by atoms with Crippen LogP contribution < -0.4 is 5.32 Å². The van der Waals surface area contributed by atoms with Crippen molar-refractivity contribution in [1.82, 2.24) is 5.32 Å². The predicted octanol–water partition coefficient (Wildman–Crippen LogP) is -0.635. The molecule has 0 rings (SSSR count). The zero-order valence-electron chi connectivity index (χ0n) is 8.73. The second-order valence-electron chi connectivity index (χ2n) is 3.07. The number of aliphatic carboxylic acids is 1. The molecule has 0 aromatic carbocycles. The molecule has 0 aliphatic heterocycles. The monoisotopic (exact) mass is 219 g/mol. The molecule has 0 radical (unpaired) electrons. The quantitative estimate of drug-likeness (QED) is 0.472. The molecular formula is C9H17NO5. The van der Waals surface area contributed by atoms with Crippen LogP contribution in [-0.2, 0) is 14.3 Å². The molecule has 0 spiro atoms. The number of carbonyl (C=O) groups is 2. The highest BCUT2D eigenvalue weighted by Crippen LogP contribution is 1.95. The Balaban J connectivity index is 3.84. The normalized spacial score (nSPS) is 12.1. The molecule has 88 valence electrons. The number of methoxy groups -OCH3 is 1. The number of ether oxygens (including phenoxy) is 1. The number of nitrogens with one attached hydrogen (secondary N) is 1. The van der Waals surface area contributed by atoms with Gasteiger partial charge >= 0.3 is 5.97 Å². The number of amides is 1. The molecule has 0 aromatic rings. The first-order valence-electron chi connectivity index (χ1n) is 4.73. The fraction of sp³-hybridized carbons (Fsp3) is 0.778. The van der Waals surface area contributed by atoms with Gasteiger partial charge in [0.1, 0.15) is 6.04 Å². The van der Waals surface area contributed by atoms with Crippen molar-refractivity contribution in [2.24, 2.45) is 0 Å². The molecule has 0 aliphatic carbocycles. The van der Waals surface area contributed by atoms with Crippen molar-refractivity contribution in [2.45, 2.75) is 25.3 Å². The zero-order valence-corrected chi connectivity index (χ0v) is 8.73. The van der Waals surface area contributed by atoms with Gasteiger partial charge in [-0.2, -0.15) is 0 Å². The van der Waals surface area contributed by atoms with Gasteiger partial charge in [0.2, 0.25) is 5.91 Å². The van der Waals surface area contributed by atoms with Crippen molar-refractivity contribution in [3.63, 3.8) is 0 Å². The Labute approximate surface area is 88.2 Å². The third kappa shape index (κ3) is 6.87. The van der Waals surface area contributed by atoms with E-state index in [0.29, 0.717) is 13.0 Å². The molecule has 1 atom stereocenters. The lowest BCUT2D eigenvalue weighted by Gasteiger charge is -2.12. The highest BCUT2D eigenvalue weighted by atomic mass is 16.5. The largest absolute Gasteiger partial charge is 0.480 e. The average Bonchev–Trinajstić information content (AvgIpc) is 2.17. The lowest BCUT2D eigenvalue weighted by atomic mass is 10.2. The van der Waals surface area contributed by atoms with E-state index in [2.05, 4.69) is 5.32 Å². The maximum Gasteiger partial charge on any atom is 0.326 e. The number of carboxylic acids is 1. The third-order valence-corrected chi connectivity index (χ3v) is 1.80. The number of carboxylic acid groups (broad SMARTS) is 1. The number of carbonyl (C=O) groups excluding carboxylic acids is 1. The van der Waals surface area contributed by atoms with Crippen LogP contribution in [0.4, 0.5) is 0 Å². The Kier molecular flexibility index (Phi) is 7.57. The van der Waals surface area contributed by atoms with Crippen LogP contribution in [0.2, 0.25) is 0 Å². The molecule has 0 fully saturated rings. The second-order valence-corrected chi connectivity index (χ2v) is 3.07. The van der Waals surface area contributed by atoms with Gasteiger partial charge in [0.05, 0.1) is 0 Å². The van der Waals surface area contributed by atoms with E-state index in [0.717, 1.165) is 0 Å². The zero-order chi connectivity index (χ0) is 11.7. The Morgan fingerprint density at radius 2 is 2.13 bits per heavy atom. The highest BCUT2D eigenvalue weighted by molar-refractivity contribution is 5.83. The first-order chi connectivity index (χ1) is 7.11. The van der Waals surface area contributed by atoms with Crippen molar-refractivity contribution in [1.29, 1.82) is 0 Å². The third-order valence-electron chi connectivity index (χ3n) is 1.80. The van der Waals surface area contributed by atoms with Crippen molar-refractivity contribution < 1.29 is 24.5 Å². The summed E-state index contributed by atoms with van der Waals surface area (Å²) in [5, 5.41) is 19.6. The van der Waals surface area contributed by atoms with Gasteiger partial charge in [-0.05, 0) is 6.42 Å². The topological polar surface area (TPSA) is 95.9 Å². The Morgan fingerprint density at radius 1 is 1.47 bits per heavy atom. The summed E-state index contributed by atoms with van der Waals surface area (Å²) in [7, 11) is 1.53. The molecule has 0 saturated heterocycles.